The van der Waals surface area contributed by atoms with Crippen LogP contribution in [-0.4, -0.2) is 34.1 Å². The number of hydrogen-bond acceptors (Lipinski definition) is 2. The van der Waals surface area contributed by atoms with Gasteiger partial charge in [-0.1, -0.05) is 58.0 Å². The predicted molar refractivity (Wildman–Crippen MR) is 112 cm³/mol. The number of para-hydroxylation sites is 2. The van der Waals surface area contributed by atoms with E-state index in [-0.39, 0.29) is 0 Å². The molecule has 0 unspecified atom stereocenters. The topological polar surface area (TPSA) is 21.1 Å². The van der Waals surface area contributed by atoms with Gasteiger partial charge < -0.3 is 9.47 Å². The fourth-order valence-corrected chi connectivity index (χ4v) is 3.55. The molecule has 0 bridgehead atoms. The van der Waals surface area contributed by atoms with E-state index >= 15 is 0 Å². The Hall–Kier alpha value is -2.13. The van der Waals surface area contributed by atoms with E-state index in [2.05, 4.69) is 85.7 Å². The number of rotatable bonds is 8. The first-order valence-electron chi connectivity index (χ1n) is 9.92. The zero-order valence-corrected chi connectivity index (χ0v) is 16.6. The summed E-state index contributed by atoms with van der Waals surface area (Å²) in [5, 5.41) is 0. The van der Waals surface area contributed by atoms with Crippen LogP contribution < -0.4 is 0 Å². The highest BCUT2D eigenvalue weighted by atomic mass is 15.1. The Balaban J connectivity index is 1.96. The molecule has 0 fully saturated rings. The summed E-state index contributed by atoms with van der Waals surface area (Å²) in [5.41, 5.74) is 4.90. The van der Waals surface area contributed by atoms with E-state index in [0.717, 1.165) is 43.9 Å². The Morgan fingerprint density at radius 3 is 2.50 bits per heavy atom. The fraction of sp³-hybridized carbons (Fsp3) is 0.435. The smallest absolute Gasteiger partial charge is 0.141 e. The normalized spacial score (nSPS) is 11.8. The molecule has 1 aromatic heterocycles. The molecule has 3 rings (SSSR count). The Morgan fingerprint density at radius 1 is 1.00 bits per heavy atom. The second kappa shape index (κ2) is 8.50. The van der Waals surface area contributed by atoms with Gasteiger partial charge in [-0.3, -0.25) is 0 Å². The van der Waals surface area contributed by atoms with Crippen molar-refractivity contribution in [3.8, 4) is 11.4 Å². The van der Waals surface area contributed by atoms with Crippen molar-refractivity contribution in [1.29, 1.82) is 0 Å². The molecule has 0 radical (unpaired) electrons. The number of aromatic nitrogens is 2. The van der Waals surface area contributed by atoms with Gasteiger partial charge in [-0.05, 0) is 55.7 Å². The largest absolute Gasteiger partial charge is 0.324 e. The van der Waals surface area contributed by atoms with Gasteiger partial charge in [0.1, 0.15) is 5.82 Å². The zero-order valence-electron chi connectivity index (χ0n) is 16.6. The molecule has 0 spiro atoms. The highest BCUT2D eigenvalue weighted by Crippen LogP contribution is 2.27. The highest BCUT2D eigenvalue weighted by molar-refractivity contribution is 5.80. The van der Waals surface area contributed by atoms with Crippen molar-refractivity contribution in [2.45, 2.75) is 46.6 Å². The van der Waals surface area contributed by atoms with Crippen LogP contribution in [0.1, 0.15) is 45.6 Å². The van der Waals surface area contributed by atoms with Gasteiger partial charge in [-0.2, -0.15) is 0 Å². The van der Waals surface area contributed by atoms with Crippen molar-refractivity contribution in [1.82, 2.24) is 14.5 Å². The van der Waals surface area contributed by atoms with Gasteiger partial charge in [-0.15, -0.1) is 0 Å². The first-order chi connectivity index (χ1) is 12.6. The minimum Gasteiger partial charge on any atom is -0.324 e. The Morgan fingerprint density at radius 2 is 1.77 bits per heavy atom. The van der Waals surface area contributed by atoms with E-state index in [1.807, 2.05) is 0 Å². The lowest BCUT2D eigenvalue weighted by atomic mass is 10.0. The second-order valence-electron chi connectivity index (χ2n) is 7.24. The molecule has 138 valence electrons. The Kier molecular flexibility index (Phi) is 6.10. The maximum atomic E-state index is 4.97. The molecule has 0 aliphatic heterocycles. The summed E-state index contributed by atoms with van der Waals surface area (Å²) in [6.45, 7) is 13.3. The molecule has 0 amide bonds. The van der Waals surface area contributed by atoms with E-state index in [1.165, 1.54) is 16.6 Å². The quantitative estimate of drug-likeness (QED) is 0.531. The zero-order chi connectivity index (χ0) is 18.5. The number of hydrogen-bond donors (Lipinski definition) is 0. The number of nitrogens with zero attached hydrogens (tertiary/aromatic N) is 3. The molecular weight excluding hydrogens is 318 g/mol. The van der Waals surface area contributed by atoms with E-state index in [4.69, 9.17) is 4.98 Å². The molecule has 0 saturated heterocycles. The number of aryl methyl sites for hydroxylation is 1. The summed E-state index contributed by atoms with van der Waals surface area (Å²) in [6.07, 6.45) is 1.14. The van der Waals surface area contributed by atoms with Gasteiger partial charge in [0.25, 0.3) is 0 Å². The SMILES string of the molecule is CCN(CC)CCCn1c(-c2cccc(C(C)C)c2)nc2ccccc21. The summed E-state index contributed by atoms with van der Waals surface area (Å²) >= 11 is 0. The molecule has 2 aromatic carbocycles. The molecule has 0 N–H and O–H groups in total. The van der Waals surface area contributed by atoms with Gasteiger partial charge in [-0.25, -0.2) is 4.98 Å². The lowest BCUT2D eigenvalue weighted by Gasteiger charge is -2.18. The molecule has 3 heteroatoms. The monoisotopic (exact) mass is 349 g/mol. The van der Waals surface area contributed by atoms with Crippen LogP contribution in [0.25, 0.3) is 22.4 Å². The van der Waals surface area contributed by atoms with E-state index < -0.39 is 0 Å². The molecule has 3 nitrogen and oxygen atoms in total. The summed E-state index contributed by atoms with van der Waals surface area (Å²) in [5.74, 6) is 1.61. The van der Waals surface area contributed by atoms with Gasteiger partial charge >= 0.3 is 0 Å². The third-order valence-corrected chi connectivity index (χ3v) is 5.22. The predicted octanol–water partition coefficient (Wildman–Crippen LogP) is 5.56. The van der Waals surface area contributed by atoms with E-state index in [9.17, 15) is 0 Å². The average molecular weight is 350 g/mol. The van der Waals surface area contributed by atoms with Crippen LogP contribution in [0.15, 0.2) is 48.5 Å². The highest BCUT2D eigenvalue weighted by Gasteiger charge is 2.13. The first kappa shape index (κ1) is 18.7. The van der Waals surface area contributed by atoms with Crippen LogP contribution in [0, 0.1) is 0 Å². The lowest BCUT2D eigenvalue weighted by Crippen LogP contribution is -2.24. The average Bonchev–Trinajstić information content (AvgIpc) is 3.04. The van der Waals surface area contributed by atoms with Crippen molar-refractivity contribution in [3.63, 3.8) is 0 Å². The number of benzene rings is 2. The van der Waals surface area contributed by atoms with Gasteiger partial charge in [0, 0.05) is 12.1 Å². The summed E-state index contributed by atoms with van der Waals surface area (Å²) in [4.78, 5) is 7.46. The molecule has 1 heterocycles. The summed E-state index contributed by atoms with van der Waals surface area (Å²) < 4.78 is 2.40. The van der Waals surface area contributed by atoms with Crippen molar-refractivity contribution >= 4 is 11.0 Å². The lowest BCUT2D eigenvalue weighted by molar-refractivity contribution is 0.294. The van der Waals surface area contributed by atoms with Crippen LogP contribution in [0.4, 0.5) is 0 Å². The number of fused-ring (bicyclic) bond motifs is 1. The van der Waals surface area contributed by atoms with E-state index in [1.54, 1.807) is 0 Å². The van der Waals surface area contributed by atoms with Crippen LogP contribution >= 0.6 is 0 Å². The standard InChI is InChI=1S/C23H31N3/c1-5-25(6-2)15-10-16-26-22-14-8-7-13-21(22)24-23(26)20-12-9-11-19(17-20)18(3)4/h7-9,11-14,17-18H,5-6,10,15-16H2,1-4H3. The summed E-state index contributed by atoms with van der Waals surface area (Å²) in [7, 11) is 0. The van der Waals surface area contributed by atoms with Gasteiger partial charge in [0.2, 0.25) is 0 Å². The second-order valence-corrected chi connectivity index (χ2v) is 7.24. The maximum absolute atomic E-state index is 4.97. The Bertz CT molecular complexity index is 844. The van der Waals surface area contributed by atoms with Crippen LogP contribution in [0.3, 0.4) is 0 Å². The van der Waals surface area contributed by atoms with Crippen LogP contribution in [0.2, 0.25) is 0 Å². The Labute approximate surface area is 157 Å². The third kappa shape index (κ3) is 3.99. The maximum Gasteiger partial charge on any atom is 0.141 e. The minimum atomic E-state index is 0.524. The molecule has 26 heavy (non-hydrogen) atoms. The molecule has 0 saturated carbocycles. The number of imidazole rings is 1. The van der Waals surface area contributed by atoms with E-state index in [0.29, 0.717) is 5.92 Å². The van der Waals surface area contributed by atoms with Gasteiger partial charge in [0.15, 0.2) is 0 Å². The molecule has 3 aromatic rings. The fourth-order valence-electron chi connectivity index (χ4n) is 3.55. The first-order valence-corrected chi connectivity index (χ1v) is 9.92. The third-order valence-electron chi connectivity index (χ3n) is 5.22. The molecular formula is C23H31N3. The van der Waals surface area contributed by atoms with Crippen molar-refractivity contribution in [2.24, 2.45) is 0 Å². The van der Waals surface area contributed by atoms with Gasteiger partial charge in [0.05, 0.1) is 11.0 Å². The van der Waals surface area contributed by atoms with Crippen molar-refractivity contribution in [2.75, 3.05) is 19.6 Å². The van der Waals surface area contributed by atoms with Crippen LogP contribution in [0.5, 0.6) is 0 Å². The molecule has 0 aliphatic rings. The molecule has 0 atom stereocenters. The molecule has 0 aliphatic carbocycles. The minimum absolute atomic E-state index is 0.524. The van der Waals surface area contributed by atoms with Crippen molar-refractivity contribution in [3.05, 3.63) is 54.1 Å². The summed E-state index contributed by atoms with van der Waals surface area (Å²) in [6, 6.07) is 17.3. The van der Waals surface area contributed by atoms with Crippen LogP contribution in [-0.2, 0) is 6.54 Å². The van der Waals surface area contributed by atoms with Crippen molar-refractivity contribution < 1.29 is 0 Å².